The van der Waals surface area contributed by atoms with E-state index in [9.17, 15) is 17.6 Å². The number of rotatable bonds is 6. The van der Waals surface area contributed by atoms with Gasteiger partial charge in [0.2, 0.25) is 10.0 Å². The first kappa shape index (κ1) is 23.5. The molecule has 12 nitrogen and oxygen atoms in total. The lowest BCUT2D eigenvalue weighted by Crippen LogP contribution is -2.19. The summed E-state index contributed by atoms with van der Waals surface area (Å²) in [6.07, 6.45) is 0.0363. The zero-order valence-corrected chi connectivity index (χ0v) is 18.8. The largest absolute Gasteiger partial charge is 0.441 e. The van der Waals surface area contributed by atoms with Crippen molar-refractivity contribution in [1.29, 1.82) is 5.26 Å². The molecule has 14 heteroatoms. The zero-order valence-electron chi connectivity index (χ0n) is 18.0. The molecule has 0 bridgehead atoms. The number of amides is 1. The van der Waals surface area contributed by atoms with Crippen LogP contribution in [0.1, 0.15) is 30.0 Å². The van der Waals surface area contributed by atoms with Gasteiger partial charge in [0, 0.05) is 12.6 Å². The molecule has 3 rings (SSSR count). The number of halogens is 1. The molecule has 3 aromatic heterocycles. The molecule has 3 heterocycles. The summed E-state index contributed by atoms with van der Waals surface area (Å²) in [5.74, 6) is -0.519. The molecular weight excluding hydrogens is 455 g/mol. The third-order valence-electron chi connectivity index (χ3n) is 4.38. The van der Waals surface area contributed by atoms with E-state index in [2.05, 4.69) is 30.3 Å². The van der Waals surface area contributed by atoms with E-state index < -0.39 is 28.0 Å². The maximum absolute atomic E-state index is 13.5. The van der Waals surface area contributed by atoms with Gasteiger partial charge >= 0.3 is 6.09 Å². The molecule has 0 spiro atoms. The number of carbonyl (C=O) groups excluding carboxylic acids is 1. The maximum atomic E-state index is 13.5. The fourth-order valence-electron chi connectivity index (χ4n) is 2.88. The first-order chi connectivity index (χ1) is 15.5. The van der Waals surface area contributed by atoms with Crippen molar-refractivity contribution in [3.05, 3.63) is 47.2 Å². The number of sulfonamides is 1. The second-order valence-corrected chi connectivity index (χ2v) is 8.74. The Morgan fingerprint density at radius 1 is 1.36 bits per heavy atom. The standard InChI is InChI=1S/C19H19FN8O4S/c1-10-14(26-33(4,30)31)5-6-15(23-10)17-18(28(3)27-25-17)24-19(29)32-11(2)13-7-12(20)9-22-16(13)8-21/h5-7,9,11,26H,1-4H3,(H,24,29). The number of anilines is 2. The lowest BCUT2D eigenvalue weighted by Gasteiger charge is -2.15. The summed E-state index contributed by atoms with van der Waals surface area (Å²) < 4.78 is 45.4. The summed E-state index contributed by atoms with van der Waals surface area (Å²) in [7, 11) is -1.95. The van der Waals surface area contributed by atoms with E-state index >= 15 is 0 Å². The van der Waals surface area contributed by atoms with Crippen molar-refractivity contribution in [2.45, 2.75) is 20.0 Å². The quantitative estimate of drug-likeness (QED) is 0.545. The van der Waals surface area contributed by atoms with Crippen molar-refractivity contribution in [2.75, 3.05) is 16.3 Å². The number of hydrogen-bond donors (Lipinski definition) is 2. The van der Waals surface area contributed by atoms with Crippen LogP contribution in [-0.4, -0.2) is 45.7 Å². The van der Waals surface area contributed by atoms with Crippen molar-refractivity contribution in [3.63, 3.8) is 0 Å². The van der Waals surface area contributed by atoms with Crippen LogP contribution in [0.3, 0.4) is 0 Å². The molecule has 0 fully saturated rings. The SMILES string of the molecule is Cc1nc(-c2nnn(C)c2NC(=O)OC(C)c2cc(F)cnc2C#N)ccc1NS(C)(=O)=O. The molecule has 3 aromatic rings. The summed E-state index contributed by atoms with van der Waals surface area (Å²) in [5, 5.41) is 19.5. The predicted molar refractivity (Wildman–Crippen MR) is 115 cm³/mol. The smallest absolute Gasteiger partial charge is 0.413 e. The number of nitriles is 1. The molecule has 1 unspecified atom stereocenters. The molecule has 1 amide bonds. The van der Waals surface area contributed by atoms with E-state index in [1.54, 1.807) is 6.92 Å². The van der Waals surface area contributed by atoms with Gasteiger partial charge in [0.1, 0.15) is 23.7 Å². The zero-order chi connectivity index (χ0) is 24.3. The summed E-state index contributed by atoms with van der Waals surface area (Å²) >= 11 is 0. The van der Waals surface area contributed by atoms with Crippen molar-refractivity contribution in [2.24, 2.45) is 7.05 Å². The average molecular weight is 474 g/mol. The fraction of sp³-hybridized carbons (Fsp3) is 0.263. The van der Waals surface area contributed by atoms with E-state index in [0.29, 0.717) is 17.1 Å². The van der Waals surface area contributed by atoms with Gasteiger partial charge in [0.25, 0.3) is 0 Å². The second-order valence-electron chi connectivity index (χ2n) is 6.99. The molecule has 0 saturated heterocycles. The summed E-state index contributed by atoms with van der Waals surface area (Å²) in [6.45, 7) is 3.08. The van der Waals surface area contributed by atoms with E-state index in [4.69, 9.17) is 10.00 Å². The highest BCUT2D eigenvalue weighted by Gasteiger charge is 2.22. The lowest BCUT2D eigenvalue weighted by atomic mass is 10.1. The second kappa shape index (κ2) is 9.17. The van der Waals surface area contributed by atoms with E-state index in [-0.39, 0.29) is 22.8 Å². The monoisotopic (exact) mass is 474 g/mol. The van der Waals surface area contributed by atoms with Crippen LogP contribution >= 0.6 is 0 Å². The number of nitrogens with zero attached hydrogens (tertiary/aromatic N) is 6. The summed E-state index contributed by atoms with van der Waals surface area (Å²) in [6, 6.07) is 5.92. The minimum absolute atomic E-state index is 0.0675. The van der Waals surface area contributed by atoms with E-state index in [1.165, 1.54) is 30.8 Å². The van der Waals surface area contributed by atoms with Crippen LogP contribution in [0.15, 0.2) is 24.4 Å². The molecule has 0 aliphatic rings. The highest BCUT2D eigenvalue weighted by molar-refractivity contribution is 7.92. The highest BCUT2D eigenvalue weighted by atomic mass is 32.2. The topological polar surface area (TPSA) is 165 Å². The Kier molecular flexibility index (Phi) is 6.54. The van der Waals surface area contributed by atoms with Gasteiger partial charge in [-0.1, -0.05) is 5.21 Å². The van der Waals surface area contributed by atoms with Gasteiger partial charge in [-0.05, 0) is 32.0 Å². The van der Waals surface area contributed by atoms with Crippen LogP contribution in [0, 0.1) is 24.1 Å². The van der Waals surface area contributed by atoms with Gasteiger partial charge in [-0.3, -0.25) is 10.0 Å². The number of nitrogens with one attached hydrogen (secondary N) is 2. The molecule has 0 saturated carbocycles. The Bertz CT molecular complexity index is 1370. The molecule has 0 aliphatic heterocycles. The van der Waals surface area contributed by atoms with Crippen LogP contribution < -0.4 is 10.0 Å². The summed E-state index contributed by atoms with van der Waals surface area (Å²) in [5.41, 5.74) is 1.26. The molecular formula is C19H19FN8O4S. The first-order valence-corrected chi connectivity index (χ1v) is 11.3. The number of aryl methyl sites for hydroxylation is 2. The minimum Gasteiger partial charge on any atom is -0.441 e. The Morgan fingerprint density at radius 3 is 2.73 bits per heavy atom. The van der Waals surface area contributed by atoms with Crippen LogP contribution in [-0.2, 0) is 21.8 Å². The predicted octanol–water partition coefficient (Wildman–Crippen LogP) is 2.27. The van der Waals surface area contributed by atoms with Crippen molar-refractivity contribution < 1.29 is 22.3 Å². The van der Waals surface area contributed by atoms with Crippen molar-refractivity contribution in [1.82, 2.24) is 25.0 Å². The first-order valence-electron chi connectivity index (χ1n) is 9.37. The number of ether oxygens (including phenoxy) is 1. The average Bonchev–Trinajstić information content (AvgIpc) is 3.08. The van der Waals surface area contributed by atoms with E-state index in [1.807, 2.05) is 6.07 Å². The van der Waals surface area contributed by atoms with Crippen LogP contribution in [0.25, 0.3) is 11.4 Å². The number of pyridine rings is 2. The molecule has 2 N–H and O–H groups in total. The van der Waals surface area contributed by atoms with Gasteiger partial charge < -0.3 is 4.74 Å². The molecule has 172 valence electrons. The number of hydrogen-bond acceptors (Lipinski definition) is 9. The van der Waals surface area contributed by atoms with Crippen molar-refractivity contribution in [3.8, 4) is 17.5 Å². The number of carbonyl (C=O) groups is 1. The summed E-state index contributed by atoms with van der Waals surface area (Å²) in [4.78, 5) is 20.5. The van der Waals surface area contributed by atoms with Crippen molar-refractivity contribution >= 4 is 27.6 Å². The Morgan fingerprint density at radius 2 is 2.09 bits per heavy atom. The Hall–Kier alpha value is -4.12. The fourth-order valence-corrected chi connectivity index (χ4v) is 3.49. The Labute approximate surface area is 188 Å². The van der Waals surface area contributed by atoms with Crippen LogP contribution in [0.2, 0.25) is 0 Å². The van der Waals surface area contributed by atoms with Gasteiger partial charge in [0.05, 0.1) is 29.5 Å². The normalized spacial score (nSPS) is 12.0. The minimum atomic E-state index is -3.48. The van der Waals surface area contributed by atoms with E-state index in [0.717, 1.165) is 18.5 Å². The Balaban J connectivity index is 1.82. The molecule has 0 aliphatic carbocycles. The van der Waals surface area contributed by atoms with Crippen LogP contribution in [0.5, 0.6) is 0 Å². The molecule has 1 atom stereocenters. The van der Waals surface area contributed by atoms with Gasteiger partial charge in [-0.2, -0.15) is 5.26 Å². The van der Waals surface area contributed by atoms with Gasteiger partial charge in [-0.15, -0.1) is 5.10 Å². The third-order valence-corrected chi connectivity index (χ3v) is 4.97. The van der Waals surface area contributed by atoms with Gasteiger partial charge in [0.15, 0.2) is 11.5 Å². The third kappa shape index (κ3) is 5.57. The van der Waals surface area contributed by atoms with Gasteiger partial charge in [-0.25, -0.2) is 32.3 Å². The lowest BCUT2D eigenvalue weighted by molar-refractivity contribution is 0.120. The molecule has 0 aromatic carbocycles. The van der Waals surface area contributed by atoms with Crippen LogP contribution in [0.4, 0.5) is 20.7 Å². The molecule has 33 heavy (non-hydrogen) atoms. The molecule has 0 radical (unpaired) electrons. The highest BCUT2D eigenvalue weighted by Crippen LogP contribution is 2.27. The number of aromatic nitrogens is 5. The maximum Gasteiger partial charge on any atom is 0.413 e.